The number of ether oxygens (including phenoxy) is 1. The van der Waals surface area contributed by atoms with Gasteiger partial charge in [-0.1, -0.05) is 60.6 Å². The largest absolute Gasteiger partial charge is 0.507 e. The second-order valence-electron chi connectivity index (χ2n) is 10.6. The number of oxazole rings is 1. The Morgan fingerprint density at radius 3 is 2.09 bits per heavy atom. The minimum absolute atomic E-state index is 0. The summed E-state index contributed by atoms with van der Waals surface area (Å²) in [5.74, 6) is 1.77. The van der Waals surface area contributed by atoms with E-state index in [1.807, 2.05) is 24.3 Å². The van der Waals surface area contributed by atoms with Crippen molar-refractivity contribution in [3.63, 3.8) is 0 Å². The number of hydrogen-bond donors (Lipinski definition) is 2. The first kappa shape index (κ1) is 27.7. The van der Waals surface area contributed by atoms with E-state index in [9.17, 15) is 5.11 Å². The van der Waals surface area contributed by atoms with Gasteiger partial charge >= 0.3 is 0 Å². The van der Waals surface area contributed by atoms with E-state index in [1.165, 1.54) is 5.56 Å². The Morgan fingerprint density at radius 2 is 1.56 bits per heavy atom. The summed E-state index contributed by atoms with van der Waals surface area (Å²) < 4.78 is 11.7. The summed E-state index contributed by atoms with van der Waals surface area (Å²) in [6, 6.07) is 12.1. The van der Waals surface area contributed by atoms with Gasteiger partial charge in [0.05, 0.1) is 12.3 Å². The van der Waals surface area contributed by atoms with E-state index in [1.54, 1.807) is 6.26 Å². The first-order valence-electron chi connectivity index (χ1n) is 11.7. The molecule has 2 aromatic carbocycles. The van der Waals surface area contributed by atoms with Crippen LogP contribution in [0.4, 0.5) is 0 Å². The van der Waals surface area contributed by atoms with Gasteiger partial charge in [0.1, 0.15) is 17.8 Å². The van der Waals surface area contributed by atoms with E-state index in [4.69, 9.17) is 14.1 Å². The molecule has 1 heterocycles. The molecule has 0 saturated carbocycles. The summed E-state index contributed by atoms with van der Waals surface area (Å²) >= 11 is 0. The number of aromatic hydroxyl groups is 1. The van der Waals surface area contributed by atoms with Gasteiger partial charge in [0, 0.05) is 29.7 Å². The maximum absolute atomic E-state index is 10.9. The van der Waals surface area contributed by atoms with Crippen LogP contribution in [0.1, 0.15) is 70.9 Å². The Balaban J connectivity index is 0.00000408. The molecule has 0 radical (unpaired) electrons. The topological polar surface area (TPSA) is 67.5 Å². The molecule has 0 atom stereocenters. The van der Waals surface area contributed by atoms with Crippen LogP contribution in [0.15, 0.2) is 47.1 Å². The molecule has 3 aromatic rings. The number of phenolic OH excluding ortho intramolecular Hbond substituents is 1. The molecule has 0 bridgehead atoms. The third-order valence-electron chi connectivity index (χ3n) is 5.65. The predicted molar refractivity (Wildman–Crippen MR) is 141 cm³/mol. The molecule has 0 saturated heterocycles. The molecule has 186 valence electrons. The van der Waals surface area contributed by atoms with Crippen molar-refractivity contribution in [1.29, 1.82) is 0 Å². The molecule has 0 aliphatic carbocycles. The minimum Gasteiger partial charge on any atom is -0.507 e. The zero-order valence-electron chi connectivity index (χ0n) is 21.5. The molecule has 0 aliphatic heterocycles. The molecule has 0 unspecified atom stereocenters. The second kappa shape index (κ2) is 11.3. The minimum atomic E-state index is -0.203. The summed E-state index contributed by atoms with van der Waals surface area (Å²) in [4.78, 5) is 4.70. The first-order chi connectivity index (χ1) is 15.5. The second-order valence-corrected chi connectivity index (χ2v) is 10.6. The van der Waals surface area contributed by atoms with Gasteiger partial charge in [-0.15, -0.1) is 12.4 Å². The van der Waals surface area contributed by atoms with Gasteiger partial charge in [-0.2, -0.15) is 0 Å². The van der Waals surface area contributed by atoms with Gasteiger partial charge in [0.2, 0.25) is 5.89 Å². The van der Waals surface area contributed by atoms with Crippen molar-refractivity contribution >= 4 is 12.4 Å². The standard InChI is InChI=1S/C28H38N2O3.ClH/c1-8-29-17-19-9-11-22(12-10-19)32-14-13-21-18-33-26(30-21)20-15-23(27(2,3)4)25(31)24(16-20)28(5,6)7;/h9-12,15-16,18,29,31H,8,13-14,17H2,1-7H3;1H. The highest BCUT2D eigenvalue weighted by atomic mass is 35.5. The van der Waals surface area contributed by atoms with Crippen LogP contribution in [0.2, 0.25) is 0 Å². The molecule has 6 heteroatoms. The lowest BCUT2D eigenvalue weighted by molar-refractivity contribution is 0.320. The zero-order chi connectivity index (χ0) is 24.2. The number of aromatic nitrogens is 1. The van der Waals surface area contributed by atoms with Gasteiger partial charge in [-0.25, -0.2) is 4.98 Å². The highest BCUT2D eigenvalue weighted by Crippen LogP contribution is 2.41. The Hall–Kier alpha value is -2.50. The van der Waals surface area contributed by atoms with Gasteiger partial charge in [0.25, 0.3) is 0 Å². The fourth-order valence-corrected chi connectivity index (χ4v) is 3.70. The molecule has 0 fully saturated rings. The van der Waals surface area contributed by atoms with Crippen LogP contribution >= 0.6 is 12.4 Å². The summed E-state index contributed by atoms with van der Waals surface area (Å²) in [7, 11) is 0. The van der Waals surface area contributed by atoms with Crippen molar-refractivity contribution in [2.75, 3.05) is 13.2 Å². The van der Waals surface area contributed by atoms with Gasteiger partial charge in [0.15, 0.2) is 0 Å². The van der Waals surface area contributed by atoms with E-state index >= 15 is 0 Å². The summed E-state index contributed by atoms with van der Waals surface area (Å²) in [6.45, 7) is 17.0. The van der Waals surface area contributed by atoms with Crippen LogP contribution in [0.5, 0.6) is 11.5 Å². The Morgan fingerprint density at radius 1 is 0.971 bits per heavy atom. The molecule has 0 aliphatic rings. The SMILES string of the molecule is CCNCc1ccc(OCCc2coc(-c3cc(C(C)(C)C)c(O)c(C(C)(C)C)c3)n2)cc1.Cl. The first-order valence-corrected chi connectivity index (χ1v) is 11.7. The smallest absolute Gasteiger partial charge is 0.226 e. The van der Waals surface area contributed by atoms with Crippen molar-refractivity contribution in [3.05, 3.63) is 65.0 Å². The van der Waals surface area contributed by atoms with Crippen LogP contribution in [-0.2, 0) is 23.8 Å². The Kier molecular flexibility index (Phi) is 9.21. The van der Waals surface area contributed by atoms with Crippen LogP contribution in [0.3, 0.4) is 0 Å². The third kappa shape index (κ3) is 7.00. The Bertz CT molecular complexity index is 1030. The van der Waals surface area contributed by atoms with Crippen molar-refractivity contribution in [2.45, 2.75) is 72.3 Å². The van der Waals surface area contributed by atoms with E-state index < -0.39 is 0 Å². The molecule has 1 aromatic heterocycles. The number of halogens is 1. The highest BCUT2D eigenvalue weighted by Gasteiger charge is 2.27. The van der Waals surface area contributed by atoms with E-state index in [-0.39, 0.29) is 23.2 Å². The Labute approximate surface area is 210 Å². The molecule has 34 heavy (non-hydrogen) atoms. The average molecular weight is 487 g/mol. The number of benzene rings is 2. The molecular weight excluding hydrogens is 448 g/mol. The lowest BCUT2D eigenvalue weighted by Gasteiger charge is -2.27. The maximum Gasteiger partial charge on any atom is 0.226 e. The predicted octanol–water partition coefficient (Wildman–Crippen LogP) is 6.80. The van der Waals surface area contributed by atoms with Crippen molar-refractivity contribution in [3.8, 4) is 23.0 Å². The lowest BCUT2D eigenvalue weighted by atomic mass is 9.78. The fraction of sp³-hybridized carbons (Fsp3) is 0.464. The van der Waals surface area contributed by atoms with Gasteiger partial charge in [-0.05, 0) is 47.2 Å². The molecule has 3 rings (SSSR count). The maximum atomic E-state index is 10.9. The van der Waals surface area contributed by atoms with Crippen LogP contribution < -0.4 is 10.1 Å². The molecule has 0 amide bonds. The number of nitrogens with zero attached hydrogens (tertiary/aromatic N) is 1. The fourth-order valence-electron chi connectivity index (χ4n) is 3.70. The van der Waals surface area contributed by atoms with Crippen LogP contribution in [0.25, 0.3) is 11.5 Å². The van der Waals surface area contributed by atoms with Crippen molar-refractivity contribution in [2.24, 2.45) is 0 Å². The lowest BCUT2D eigenvalue weighted by Crippen LogP contribution is -2.17. The van der Waals surface area contributed by atoms with E-state index in [2.05, 4.69) is 65.9 Å². The van der Waals surface area contributed by atoms with Gasteiger partial charge < -0.3 is 19.6 Å². The van der Waals surface area contributed by atoms with E-state index in [0.717, 1.165) is 41.2 Å². The van der Waals surface area contributed by atoms with E-state index in [0.29, 0.717) is 24.7 Å². The molecular formula is C28H39ClN2O3. The average Bonchev–Trinajstić information content (AvgIpc) is 3.20. The van der Waals surface area contributed by atoms with Crippen LogP contribution in [0, 0.1) is 0 Å². The quantitative estimate of drug-likeness (QED) is 0.366. The van der Waals surface area contributed by atoms with Crippen LogP contribution in [-0.4, -0.2) is 23.2 Å². The summed E-state index contributed by atoms with van der Waals surface area (Å²) in [5.41, 5.74) is 4.35. The van der Waals surface area contributed by atoms with Crippen molar-refractivity contribution in [1.82, 2.24) is 10.3 Å². The zero-order valence-corrected chi connectivity index (χ0v) is 22.3. The number of rotatable bonds is 8. The summed E-state index contributed by atoms with van der Waals surface area (Å²) in [6.07, 6.45) is 2.34. The summed E-state index contributed by atoms with van der Waals surface area (Å²) in [5, 5.41) is 14.3. The number of phenols is 1. The third-order valence-corrected chi connectivity index (χ3v) is 5.65. The highest BCUT2D eigenvalue weighted by molar-refractivity contribution is 5.85. The number of hydrogen-bond acceptors (Lipinski definition) is 5. The van der Waals surface area contributed by atoms with Crippen molar-refractivity contribution < 1.29 is 14.3 Å². The monoisotopic (exact) mass is 486 g/mol. The normalized spacial score (nSPS) is 11.9. The van der Waals surface area contributed by atoms with Gasteiger partial charge in [-0.3, -0.25) is 0 Å². The number of nitrogens with one attached hydrogen (secondary N) is 1. The molecule has 5 nitrogen and oxygen atoms in total. The molecule has 2 N–H and O–H groups in total. The molecule has 0 spiro atoms.